The van der Waals surface area contributed by atoms with E-state index in [-0.39, 0.29) is 17.9 Å². The normalized spacial score (nSPS) is 15.3. The minimum Gasteiger partial charge on any atom is -0.352 e. The van der Waals surface area contributed by atoms with E-state index in [1.165, 1.54) is 0 Å². The van der Waals surface area contributed by atoms with Crippen LogP contribution in [0.4, 0.5) is 5.69 Å². The highest BCUT2D eigenvalue weighted by atomic mass is 16.2. The van der Waals surface area contributed by atoms with E-state index in [0.717, 1.165) is 37.1 Å². The molecule has 1 aromatic heterocycles. The summed E-state index contributed by atoms with van der Waals surface area (Å²) < 4.78 is 0. The Kier molecular flexibility index (Phi) is 6.19. The third-order valence-electron chi connectivity index (χ3n) is 4.85. The predicted molar refractivity (Wildman–Crippen MR) is 106 cm³/mol. The number of pyridine rings is 1. The molecule has 1 aliphatic rings. The molecular formula is C21H26N4O2. The van der Waals surface area contributed by atoms with Gasteiger partial charge in [0.05, 0.1) is 0 Å². The first kappa shape index (κ1) is 19.0. The average Bonchev–Trinajstić information content (AvgIpc) is 3.19. The van der Waals surface area contributed by atoms with E-state index >= 15 is 0 Å². The number of carbonyl (C=O) groups excluding carboxylic acids is 2. The summed E-state index contributed by atoms with van der Waals surface area (Å²) in [6.45, 7) is 6.15. The van der Waals surface area contributed by atoms with E-state index < -0.39 is 0 Å². The molecule has 142 valence electrons. The van der Waals surface area contributed by atoms with E-state index in [1.54, 1.807) is 24.5 Å². The van der Waals surface area contributed by atoms with Crippen molar-refractivity contribution in [3.05, 3.63) is 59.4 Å². The van der Waals surface area contributed by atoms with Gasteiger partial charge in [0.2, 0.25) is 5.91 Å². The van der Waals surface area contributed by atoms with Gasteiger partial charge in [0, 0.05) is 30.2 Å². The fourth-order valence-corrected chi connectivity index (χ4v) is 3.43. The number of likely N-dealkylation sites (tertiary alicyclic amines) is 1. The molecule has 0 spiro atoms. The summed E-state index contributed by atoms with van der Waals surface area (Å²) in [4.78, 5) is 31.7. The van der Waals surface area contributed by atoms with Gasteiger partial charge < -0.3 is 10.6 Å². The Morgan fingerprint density at radius 3 is 2.67 bits per heavy atom. The van der Waals surface area contributed by atoms with Gasteiger partial charge in [-0.15, -0.1) is 0 Å². The topological polar surface area (TPSA) is 74.3 Å². The molecule has 2 aromatic rings. The van der Waals surface area contributed by atoms with Crippen molar-refractivity contribution in [1.29, 1.82) is 0 Å². The molecule has 2 heterocycles. The highest BCUT2D eigenvalue weighted by Gasteiger charge is 2.30. The van der Waals surface area contributed by atoms with Gasteiger partial charge in [-0.3, -0.25) is 19.5 Å². The first-order valence-corrected chi connectivity index (χ1v) is 9.44. The molecule has 1 unspecified atom stereocenters. The van der Waals surface area contributed by atoms with Gasteiger partial charge in [-0.1, -0.05) is 12.1 Å². The van der Waals surface area contributed by atoms with Gasteiger partial charge in [0.15, 0.2) is 0 Å². The Morgan fingerprint density at radius 2 is 2.00 bits per heavy atom. The first-order valence-electron chi connectivity index (χ1n) is 9.44. The van der Waals surface area contributed by atoms with Crippen LogP contribution in [0.25, 0.3) is 0 Å². The summed E-state index contributed by atoms with van der Waals surface area (Å²) in [5.74, 6) is -0.239. The minimum atomic E-state index is -0.381. The van der Waals surface area contributed by atoms with Crippen LogP contribution in [0.3, 0.4) is 0 Å². The average molecular weight is 366 g/mol. The third-order valence-corrected chi connectivity index (χ3v) is 4.85. The molecule has 0 saturated carbocycles. The van der Waals surface area contributed by atoms with Crippen molar-refractivity contribution in [2.24, 2.45) is 0 Å². The zero-order valence-corrected chi connectivity index (χ0v) is 15.9. The van der Waals surface area contributed by atoms with Crippen LogP contribution >= 0.6 is 0 Å². The number of amides is 2. The molecule has 27 heavy (non-hydrogen) atoms. The molecule has 0 aliphatic carbocycles. The summed E-state index contributed by atoms with van der Waals surface area (Å²) in [5, 5.41) is 5.82. The van der Waals surface area contributed by atoms with Gasteiger partial charge >= 0.3 is 0 Å². The largest absolute Gasteiger partial charge is 0.352 e. The van der Waals surface area contributed by atoms with Gasteiger partial charge in [0.25, 0.3) is 5.91 Å². The van der Waals surface area contributed by atoms with Gasteiger partial charge in [0.1, 0.15) is 6.04 Å². The van der Waals surface area contributed by atoms with E-state index in [0.29, 0.717) is 17.8 Å². The molecular weight excluding hydrogens is 340 g/mol. The lowest BCUT2D eigenvalue weighted by molar-refractivity contribution is -0.121. The maximum Gasteiger partial charge on any atom is 0.251 e. The molecule has 1 atom stereocenters. The number of nitrogens with one attached hydrogen (secondary N) is 2. The second kappa shape index (κ2) is 8.77. The van der Waals surface area contributed by atoms with E-state index in [9.17, 15) is 9.59 Å². The number of benzene rings is 1. The van der Waals surface area contributed by atoms with E-state index in [2.05, 4.69) is 20.5 Å². The van der Waals surface area contributed by atoms with Crippen LogP contribution in [-0.2, 0) is 4.79 Å². The fourth-order valence-electron chi connectivity index (χ4n) is 3.43. The number of carbonyl (C=O) groups is 2. The number of aromatic nitrogens is 1. The third kappa shape index (κ3) is 4.52. The summed E-state index contributed by atoms with van der Waals surface area (Å²) >= 11 is 0. The summed E-state index contributed by atoms with van der Waals surface area (Å²) in [5.41, 5.74) is 3.01. The van der Waals surface area contributed by atoms with Crippen LogP contribution in [0, 0.1) is 6.92 Å². The molecule has 2 N–H and O–H groups in total. The smallest absolute Gasteiger partial charge is 0.251 e. The van der Waals surface area contributed by atoms with Crippen molar-refractivity contribution < 1.29 is 9.59 Å². The molecule has 6 heteroatoms. The Bertz CT molecular complexity index is 801. The standard InChI is InChI=1S/C21H26N4O2/c1-3-23-20(26)16-9-8-15(2)18(13-16)24-21(27)19(25-11-4-5-12-25)17-7-6-10-22-14-17/h6-10,13-14,19H,3-5,11-12H2,1-2H3,(H,23,26)(H,24,27). The number of hydrogen-bond donors (Lipinski definition) is 2. The summed E-state index contributed by atoms with van der Waals surface area (Å²) in [7, 11) is 0. The van der Waals surface area contributed by atoms with Gasteiger partial charge in [-0.2, -0.15) is 0 Å². The monoisotopic (exact) mass is 366 g/mol. The maximum absolute atomic E-state index is 13.2. The maximum atomic E-state index is 13.2. The Balaban J connectivity index is 1.85. The zero-order chi connectivity index (χ0) is 19.2. The SMILES string of the molecule is CCNC(=O)c1ccc(C)c(NC(=O)C(c2cccnc2)N2CCCC2)c1. The van der Waals surface area contributed by atoms with Crippen molar-refractivity contribution in [2.45, 2.75) is 32.7 Å². The molecule has 1 aliphatic heterocycles. The molecule has 3 rings (SSSR count). The highest BCUT2D eigenvalue weighted by Crippen LogP contribution is 2.27. The van der Waals surface area contributed by atoms with Crippen LogP contribution in [0.15, 0.2) is 42.7 Å². The molecule has 6 nitrogen and oxygen atoms in total. The van der Waals surface area contributed by atoms with E-state index in [1.807, 2.05) is 32.0 Å². The number of rotatable bonds is 6. The van der Waals surface area contributed by atoms with Crippen LogP contribution in [-0.4, -0.2) is 41.3 Å². The molecule has 1 aromatic carbocycles. The molecule has 1 fully saturated rings. The molecule has 0 radical (unpaired) electrons. The van der Waals surface area contributed by atoms with Crippen LogP contribution in [0.5, 0.6) is 0 Å². The van der Waals surface area contributed by atoms with Gasteiger partial charge in [-0.25, -0.2) is 0 Å². The van der Waals surface area contributed by atoms with Crippen LogP contribution in [0.1, 0.15) is 47.3 Å². The lowest BCUT2D eigenvalue weighted by Crippen LogP contribution is -2.35. The van der Waals surface area contributed by atoms with Crippen molar-refractivity contribution in [3.63, 3.8) is 0 Å². The Labute approximate surface area is 160 Å². The lowest BCUT2D eigenvalue weighted by atomic mass is 10.1. The van der Waals surface area contributed by atoms with Gasteiger partial charge in [-0.05, 0) is 69.1 Å². The first-order chi connectivity index (χ1) is 13.1. The minimum absolute atomic E-state index is 0.0963. The molecule has 0 bridgehead atoms. The number of hydrogen-bond acceptors (Lipinski definition) is 4. The summed E-state index contributed by atoms with van der Waals surface area (Å²) in [6.07, 6.45) is 5.65. The van der Waals surface area contributed by atoms with Crippen molar-refractivity contribution in [3.8, 4) is 0 Å². The lowest BCUT2D eigenvalue weighted by Gasteiger charge is -2.27. The second-order valence-corrected chi connectivity index (χ2v) is 6.81. The van der Waals surface area contributed by atoms with E-state index in [4.69, 9.17) is 0 Å². The Morgan fingerprint density at radius 1 is 1.22 bits per heavy atom. The van der Waals surface area contributed by atoms with Crippen molar-refractivity contribution >= 4 is 17.5 Å². The zero-order valence-electron chi connectivity index (χ0n) is 15.9. The fraction of sp³-hybridized carbons (Fsp3) is 0.381. The summed E-state index contributed by atoms with van der Waals surface area (Å²) in [6, 6.07) is 8.78. The molecule has 1 saturated heterocycles. The second-order valence-electron chi connectivity index (χ2n) is 6.81. The number of nitrogens with zero attached hydrogens (tertiary/aromatic N) is 2. The number of anilines is 1. The Hall–Kier alpha value is -2.73. The quantitative estimate of drug-likeness (QED) is 0.824. The van der Waals surface area contributed by atoms with Crippen molar-refractivity contribution in [1.82, 2.24) is 15.2 Å². The van der Waals surface area contributed by atoms with Crippen LogP contribution in [0.2, 0.25) is 0 Å². The van der Waals surface area contributed by atoms with Crippen LogP contribution < -0.4 is 10.6 Å². The number of aryl methyl sites for hydroxylation is 1. The highest BCUT2D eigenvalue weighted by molar-refractivity contribution is 5.99. The molecule has 2 amide bonds. The van der Waals surface area contributed by atoms with Crippen molar-refractivity contribution in [2.75, 3.05) is 25.0 Å². The predicted octanol–water partition coefficient (Wildman–Crippen LogP) is 2.92.